The number of nitrogens with one attached hydrogen (secondary N) is 2. The Kier molecular flexibility index (Phi) is 4.65. The van der Waals surface area contributed by atoms with E-state index in [9.17, 15) is 9.59 Å². The van der Waals surface area contributed by atoms with E-state index >= 15 is 0 Å². The largest absolute Gasteiger partial charge is 0.368 e. The molecule has 0 spiro atoms. The maximum Gasteiger partial charge on any atom is 0.271 e. The zero-order chi connectivity index (χ0) is 18.7. The van der Waals surface area contributed by atoms with Gasteiger partial charge in [-0.2, -0.15) is 0 Å². The molecular weight excluding hydrogens is 336 g/mol. The molecule has 3 rings (SSSR count). The van der Waals surface area contributed by atoms with Gasteiger partial charge in [-0.3, -0.25) is 9.59 Å². The van der Waals surface area contributed by atoms with Gasteiger partial charge < -0.3 is 26.5 Å². The third kappa shape index (κ3) is 3.53. The molecule has 10 nitrogen and oxygen atoms in total. The molecule has 0 aliphatic rings. The van der Waals surface area contributed by atoms with E-state index in [1.54, 1.807) is 24.7 Å². The fraction of sp³-hybridized carbons (Fsp3) is 0.188. The lowest BCUT2D eigenvalue weighted by molar-refractivity contribution is -0.118. The Bertz CT molecular complexity index is 968. The molecule has 0 aliphatic carbocycles. The van der Waals surface area contributed by atoms with Crippen LogP contribution < -0.4 is 22.1 Å². The summed E-state index contributed by atoms with van der Waals surface area (Å²) in [7, 11) is 0. The van der Waals surface area contributed by atoms with Crippen LogP contribution in [0.5, 0.6) is 0 Å². The van der Waals surface area contributed by atoms with Crippen LogP contribution in [0.1, 0.15) is 23.8 Å². The second kappa shape index (κ2) is 7.05. The predicted octanol–water partition coefficient (Wildman–Crippen LogP) is 0.643. The molecule has 2 amide bonds. The lowest BCUT2D eigenvalue weighted by atomic mass is 10.2. The van der Waals surface area contributed by atoms with E-state index in [0.717, 1.165) is 5.65 Å². The molecule has 26 heavy (non-hydrogen) atoms. The summed E-state index contributed by atoms with van der Waals surface area (Å²) in [6.45, 7) is 1.81. The van der Waals surface area contributed by atoms with Crippen molar-refractivity contribution in [2.75, 3.05) is 10.6 Å². The van der Waals surface area contributed by atoms with Gasteiger partial charge in [-0.15, -0.1) is 0 Å². The molecule has 0 bridgehead atoms. The van der Waals surface area contributed by atoms with E-state index < -0.39 is 17.9 Å². The van der Waals surface area contributed by atoms with Crippen molar-refractivity contribution in [2.24, 2.45) is 11.5 Å². The summed E-state index contributed by atoms with van der Waals surface area (Å²) in [5, 5.41) is 5.91. The predicted molar refractivity (Wildman–Crippen MR) is 95.9 cm³/mol. The highest BCUT2D eigenvalue weighted by Crippen LogP contribution is 2.20. The van der Waals surface area contributed by atoms with E-state index in [0.29, 0.717) is 17.9 Å². The van der Waals surface area contributed by atoms with E-state index in [4.69, 9.17) is 11.5 Å². The molecule has 3 aromatic rings. The highest BCUT2D eigenvalue weighted by molar-refractivity contribution is 5.96. The first-order valence-electron chi connectivity index (χ1n) is 7.90. The number of primary amides is 2. The Balaban J connectivity index is 1.93. The fourth-order valence-corrected chi connectivity index (χ4v) is 2.41. The zero-order valence-electron chi connectivity index (χ0n) is 14.0. The number of rotatable bonds is 7. The van der Waals surface area contributed by atoms with Crippen molar-refractivity contribution >= 4 is 34.8 Å². The maximum atomic E-state index is 11.7. The molecule has 0 saturated carbocycles. The average molecular weight is 354 g/mol. The highest BCUT2D eigenvalue weighted by atomic mass is 16.1. The Morgan fingerprint density at radius 3 is 2.77 bits per heavy atom. The summed E-state index contributed by atoms with van der Waals surface area (Å²) in [4.78, 5) is 35.6. The topological polar surface area (TPSA) is 153 Å². The summed E-state index contributed by atoms with van der Waals surface area (Å²) in [6, 6.07) is 2.99. The summed E-state index contributed by atoms with van der Waals surface area (Å²) >= 11 is 0. The van der Waals surface area contributed by atoms with Crippen LogP contribution in [0.4, 0.5) is 17.3 Å². The number of pyridine rings is 1. The van der Waals surface area contributed by atoms with E-state index in [1.807, 2.05) is 17.4 Å². The number of imidazole rings is 1. The molecule has 0 saturated heterocycles. The quantitative estimate of drug-likeness (QED) is 0.485. The third-order valence-electron chi connectivity index (χ3n) is 3.73. The number of aromatic nitrogens is 4. The Morgan fingerprint density at radius 1 is 1.27 bits per heavy atom. The number of hydrogen-bond donors (Lipinski definition) is 4. The minimum absolute atomic E-state index is 0.0200. The standard InChI is InChI=1S/C16H18N8O2/c1-2-10(14(17)25)22-11-7-20-13(15(18)26)16(23-11)21-9-3-4-12-19-5-6-24(12)8-9/h3-8,10H,2H2,1H3,(H2,17,25)(H2,18,26)(H2,21,22,23)/t10-/m1/s1. The molecule has 3 aromatic heterocycles. The molecule has 6 N–H and O–H groups in total. The summed E-state index contributed by atoms with van der Waals surface area (Å²) in [5.41, 5.74) is 12.1. The number of anilines is 3. The van der Waals surface area contributed by atoms with Crippen LogP contribution in [0.3, 0.4) is 0 Å². The molecule has 0 radical (unpaired) electrons. The van der Waals surface area contributed by atoms with Crippen LogP contribution in [0, 0.1) is 0 Å². The molecule has 3 heterocycles. The average Bonchev–Trinajstić information content (AvgIpc) is 3.07. The van der Waals surface area contributed by atoms with Gasteiger partial charge in [-0.05, 0) is 18.6 Å². The third-order valence-corrected chi connectivity index (χ3v) is 3.73. The zero-order valence-corrected chi connectivity index (χ0v) is 14.0. The van der Waals surface area contributed by atoms with Gasteiger partial charge in [-0.25, -0.2) is 15.0 Å². The molecule has 1 atom stereocenters. The summed E-state index contributed by atoms with van der Waals surface area (Å²) in [5.74, 6) is -0.765. The van der Waals surface area contributed by atoms with Crippen molar-refractivity contribution in [3.05, 3.63) is 42.6 Å². The summed E-state index contributed by atoms with van der Waals surface area (Å²) in [6.07, 6.45) is 7.06. The lowest BCUT2D eigenvalue weighted by Crippen LogP contribution is -2.35. The number of carbonyl (C=O) groups is 2. The number of hydrogen-bond acceptors (Lipinski definition) is 7. The monoisotopic (exact) mass is 354 g/mol. The van der Waals surface area contributed by atoms with Crippen molar-refractivity contribution in [1.82, 2.24) is 19.4 Å². The number of fused-ring (bicyclic) bond motifs is 1. The van der Waals surface area contributed by atoms with Gasteiger partial charge in [-0.1, -0.05) is 6.92 Å². The second-order valence-corrected chi connectivity index (χ2v) is 5.56. The minimum Gasteiger partial charge on any atom is -0.368 e. The Hall–Kier alpha value is -3.69. The molecule has 0 aliphatic heterocycles. The van der Waals surface area contributed by atoms with Gasteiger partial charge in [0.05, 0.1) is 11.9 Å². The number of nitrogens with zero attached hydrogens (tertiary/aromatic N) is 4. The van der Waals surface area contributed by atoms with Crippen molar-refractivity contribution < 1.29 is 9.59 Å². The van der Waals surface area contributed by atoms with Crippen molar-refractivity contribution in [3.8, 4) is 0 Å². The highest BCUT2D eigenvalue weighted by Gasteiger charge is 2.17. The first kappa shape index (κ1) is 17.1. The molecule has 0 fully saturated rings. The van der Waals surface area contributed by atoms with Gasteiger partial charge in [0, 0.05) is 18.6 Å². The minimum atomic E-state index is -0.725. The SMILES string of the molecule is CC[C@@H](Nc1cnc(C(N)=O)c(Nc2ccc3nccn3c2)n1)C(N)=O. The molecule has 0 aromatic carbocycles. The smallest absolute Gasteiger partial charge is 0.271 e. The van der Waals surface area contributed by atoms with Crippen molar-refractivity contribution in [3.63, 3.8) is 0 Å². The van der Waals surface area contributed by atoms with Crippen LogP contribution in [-0.4, -0.2) is 37.2 Å². The first-order valence-corrected chi connectivity index (χ1v) is 7.90. The molecule has 134 valence electrons. The second-order valence-electron chi connectivity index (χ2n) is 5.56. The first-order chi connectivity index (χ1) is 12.5. The molecule has 0 unspecified atom stereocenters. The van der Waals surface area contributed by atoms with Gasteiger partial charge >= 0.3 is 0 Å². The molecular formula is C16H18N8O2. The van der Waals surface area contributed by atoms with Crippen LogP contribution in [0.2, 0.25) is 0 Å². The van der Waals surface area contributed by atoms with Crippen LogP contribution in [-0.2, 0) is 4.79 Å². The Labute approximate surface area is 148 Å². The van der Waals surface area contributed by atoms with Gasteiger partial charge in [0.15, 0.2) is 11.5 Å². The lowest BCUT2D eigenvalue weighted by Gasteiger charge is -2.15. The fourth-order valence-electron chi connectivity index (χ4n) is 2.41. The number of nitrogens with two attached hydrogens (primary N) is 2. The van der Waals surface area contributed by atoms with Crippen LogP contribution in [0.15, 0.2) is 36.9 Å². The van der Waals surface area contributed by atoms with Crippen molar-refractivity contribution in [1.29, 1.82) is 0 Å². The Morgan fingerprint density at radius 2 is 2.08 bits per heavy atom. The summed E-state index contributed by atoms with van der Waals surface area (Å²) < 4.78 is 1.81. The normalized spacial score (nSPS) is 11.9. The van der Waals surface area contributed by atoms with Gasteiger partial charge in [0.2, 0.25) is 5.91 Å². The number of amides is 2. The van der Waals surface area contributed by atoms with E-state index in [1.165, 1.54) is 6.20 Å². The van der Waals surface area contributed by atoms with E-state index in [-0.39, 0.29) is 11.5 Å². The number of carbonyl (C=O) groups excluding carboxylic acids is 2. The van der Waals surface area contributed by atoms with Gasteiger partial charge in [0.25, 0.3) is 5.91 Å². The van der Waals surface area contributed by atoms with Crippen LogP contribution in [0.25, 0.3) is 5.65 Å². The van der Waals surface area contributed by atoms with Gasteiger partial charge in [0.1, 0.15) is 17.5 Å². The van der Waals surface area contributed by atoms with E-state index in [2.05, 4.69) is 25.6 Å². The molecule has 10 heteroatoms. The van der Waals surface area contributed by atoms with Crippen molar-refractivity contribution in [2.45, 2.75) is 19.4 Å². The van der Waals surface area contributed by atoms with Crippen LogP contribution >= 0.6 is 0 Å². The maximum absolute atomic E-state index is 11.7.